The van der Waals surface area contributed by atoms with Crippen LogP contribution >= 0.6 is 11.3 Å². The van der Waals surface area contributed by atoms with Gasteiger partial charge in [-0.25, -0.2) is 4.98 Å². The van der Waals surface area contributed by atoms with E-state index in [2.05, 4.69) is 15.6 Å². The molecule has 0 unspecified atom stereocenters. The second-order valence-electron chi connectivity index (χ2n) is 6.30. The number of amides is 1. The summed E-state index contributed by atoms with van der Waals surface area (Å²) in [7, 11) is 0. The molecule has 0 aliphatic rings. The Morgan fingerprint density at radius 3 is 2.57 bits per heavy atom. The Morgan fingerprint density at radius 1 is 1.10 bits per heavy atom. The summed E-state index contributed by atoms with van der Waals surface area (Å²) >= 11 is 1.20. The molecule has 10 nitrogen and oxygen atoms in total. The lowest BCUT2D eigenvalue weighted by Gasteiger charge is -2.06. The van der Waals surface area contributed by atoms with Gasteiger partial charge in [-0.2, -0.15) is 0 Å². The summed E-state index contributed by atoms with van der Waals surface area (Å²) in [4.78, 5) is 37.6. The van der Waals surface area contributed by atoms with Gasteiger partial charge in [0, 0.05) is 41.6 Å². The summed E-state index contributed by atoms with van der Waals surface area (Å²) in [5.41, 5.74) is 1.95. The van der Waals surface area contributed by atoms with E-state index in [1.165, 1.54) is 23.5 Å². The van der Waals surface area contributed by atoms with Gasteiger partial charge in [0.1, 0.15) is 5.69 Å². The molecule has 1 heterocycles. The van der Waals surface area contributed by atoms with Crippen molar-refractivity contribution in [2.75, 3.05) is 17.2 Å². The largest absolute Gasteiger partial charge is 0.379 e. The zero-order chi connectivity index (χ0) is 21.7. The molecule has 3 rings (SSSR count). The number of carbonyl (C=O) groups is 1. The van der Waals surface area contributed by atoms with Crippen LogP contribution < -0.4 is 10.6 Å². The molecule has 0 radical (unpaired) electrons. The van der Waals surface area contributed by atoms with Gasteiger partial charge in [-0.15, -0.1) is 11.3 Å². The predicted molar refractivity (Wildman–Crippen MR) is 114 cm³/mol. The van der Waals surface area contributed by atoms with Gasteiger partial charge in [-0.3, -0.25) is 25.0 Å². The Balaban J connectivity index is 1.59. The quantitative estimate of drug-likeness (QED) is 0.401. The van der Waals surface area contributed by atoms with Crippen LogP contribution in [0.25, 0.3) is 11.3 Å². The van der Waals surface area contributed by atoms with E-state index in [9.17, 15) is 25.0 Å². The number of thiazole rings is 1. The maximum absolute atomic E-state index is 12.1. The molecule has 0 fully saturated rings. The van der Waals surface area contributed by atoms with Gasteiger partial charge in [0.25, 0.3) is 11.4 Å². The molecule has 2 N–H and O–H groups in total. The van der Waals surface area contributed by atoms with Crippen LogP contribution in [-0.4, -0.2) is 27.3 Å². The van der Waals surface area contributed by atoms with Crippen LogP contribution in [0.3, 0.4) is 0 Å². The molecule has 3 aromatic rings. The molecular weight excluding hydrogens is 410 g/mol. The third kappa shape index (κ3) is 4.94. The van der Waals surface area contributed by atoms with E-state index in [1.807, 2.05) is 0 Å². The highest BCUT2D eigenvalue weighted by atomic mass is 32.1. The molecule has 2 aromatic carbocycles. The number of nitro groups is 2. The van der Waals surface area contributed by atoms with Crippen molar-refractivity contribution >= 4 is 39.4 Å². The minimum atomic E-state index is -0.491. The van der Waals surface area contributed by atoms with Crippen LogP contribution in [0.5, 0.6) is 0 Å². The third-order valence-corrected chi connectivity index (χ3v) is 4.98. The molecule has 0 aliphatic carbocycles. The summed E-state index contributed by atoms with van der Waals surface area (Å²) in [6.45, 7) is 1.87. The number of para-hydroxylation sites is 2. The minimum Gasteiger partial charge on any atom is -0.379 e. The fourth-order valence-electron chi connectivity index (χ4n) is 2.70. The second kappa shape index (κ2) is 9.09. The fourth-order valence-corrected chi connectivity index (χ4v) is 3.44. The van der Waals surface area contributed by atoms with E-state index in [0.717, 1.165) is 0 Å². The van der Waals surface area contributed by atoms with E-state index in [1.54, 1.807) is 42.6 Å². The van der Waals surface area contributed by atoms with Gasteiger partial charge in [0.2, 0.25) is 5.91 Å². The average molecular weight is 427 g/mol. The number of rotatable bonds is 8. The maximum Gasteiger partial charge on any atom is 0.292 e. The van der Waals surface area contributed by atoms with Crippen LogP contribution in [-0.2, 0) is 4.79 Å². The van der Waals surface area contributed by atoms with Crippen LogP contribution in [0.1, 0.15) is 12.0 Å². The van der Waals surface area contributed by atoms with E-state index in [0.29, 0.717) is 27.6 Å². The van der Waals surface area contributed by atoms with Crippen LogP contribution in [0.15, 0.2) is 47.8 Å². The minimum absolute atomic E-state index is 0.00663. The zero-order valence-corrected chi connectivity index (χ0v) is 16.6. The van der Waals surface area contributed by atoms with Crippen molar-refractivity contribution in [1.29, 1.82) is 0 Å². The number of hydrogen-bond acceptors (Lipinski definition) is 8. The lowest BCUT2D eigenvalue weighted by Crippen LogP contribution is -2.16. The number of hydrogen-bond donors (Lipinski definition) is 2. The topological polar surface area (TPSA) is 140 Å². The standard InChI is InChI=1S/C19H17N5O5S/c1-12-6-7-13(10-17(12)24(28)29)15-11-30-19(21-15)22-18(25)8-9-20-14-4-2-3-5-16(14)23(26)27/h2-7,10-11,20H,8-9H2,1H3,(H,21,22,25). The highest BCUT2D eigenvalue weighted by molar-refractivity contribution is 7.14. The Bertz CT molecular complexity index is 1110. The Morgan fingerprint density at radius 2 is 1.83 bits per heavy atom. The molecule has 1 amide bonds. The number of carbonyl (C=O) groups excluding carboxylic acids is 1. The Labute approximate surface area is 174 Å². The number of nitrogens with zero attached hydrogens (tertiary/aromatic N) is 3. The van der Waals surface area contributed by atoms with E-state index >= 15 is 0 Å². The molecule has 0 atom stereocenters. The van der Waals surface area contributed by atoms with Gasteiger partial charge in [-0.05, 0) is 13.0 Å². The first kappa shape index (κ1) is 20.9. The summed E-state index contributed by atoms with van der Waals surface area (Å²) in [5.74, 6) is -0.308. The SMILES string of the molecule is Cc1ccc(-c2csc(NC(=O)CCNc3ccccc3[N+](=O)[O-])n2)cc1[N+](=O)[O-]. The van der Waals surface area contributed by atoms with Gasteiger partial charge >= 0.3 is 0 Å². The number of benzene rings is 2. The number of nitrogens with one attached hydrogen (secondary N) is 2. The lowest BCUT2D eigenvalue weighted by atomic mass is 10.1. The molecule has 0 bridgehead atoms. The molecule has 0 spiro atoms. The van der Waals surface area contributed by atoms with Crippen molar-refractivity contribution in [3.63, 3.8) is 0 Å². The van der Waals surface area contributed by atoms with Crippen molar-refractivity contribution < 1.29 is 14.6 Å². The Kier molecular flexibility index (Phi) is 6.32. The average Bonchev–Trinajstić information content (AvgIpc) is 3.16. The van der Waals surface area contributed by atoms with Crippen molar-refractivity contribution in [3.8, 4) is 11.3 Å². The first-order valence-corrected chi connectivity index (χ1v) is 9.71. The lowest BCUT2D eigenvalue weighted by molar-refractivity contribution is -0.385. The molecule has 1 aromatic heterocycles. The van der Waals surface area contributed by atoms with E-state index in [4.69, 9.17) is 0 Å². The second-order valence-corrected chi connectivity index (χ2v) is 7.15. The number of aryl methyl sites for hydroxylation is 1. The van der Waals surface area contributed by atoms with Crippen molar-refractivity contribution in [2.24, 2.45) is 0 Å². The van der Waals surface area contributed by atoms with Gasteiger partial charge < -0.3 is 10.6 Å². The fraction of sp³-hybridized carbons (Fsp3) is 0.158. The summed E-state index contributed by atoms with van der Waals surface area (Å²) < 4.78 is 0. The van der Waals surface area contributed by atoms with Crippen LogP contribution in [0, 0.1) is 27.2 Å². The summed E-state index contributed by atoms with van der Waals surface area (Å²) in [5, 5.41) is 29.7. The van der Waals surface area contributed by atoms with E-state index in [-0.39, 0.29) is 30.2 Å². The molecule has 0 saturated carbocycles. The first-order valence-electron chi connectivity index (χ1n) is 8.83. The third-order valence-electron chi connectivity index (χ3n) is 4.22. The molecule has 0 saturated heterocycles. The molecule has 154 valence electrons. The summed E-state index contributed by atoms with van der Waals surface area (Å²) in [6, 6.07) is 11.0. The van der Waals surface area contributed by atoms with E-state index < -0.39 is 9.85 Å². The van der Waals surface area contributed by atoms with Crippen LogP contribution in [0.2, 0.25) is 0 Å². The van der Waals surface area contributed by atoms with Crippen LogP contribution in [0.4, 0.5) is 22.2 Å². The number of nitro benzene ring substituents is 2. The van der Waals surface area contributed by atoms with Crippen molar-refractivity contribution in [2.45, 2.75) is 13.3 Å². The number of aromatic nitrogens is 1. The molecule has 0 aliphatic heterocycles. The number of anilines is 2. The summed E-state index contributed by atoms with van der Waals surface area (Å²) in [6.07, 6.45) is 0.0803. The molecule has 30 heavy (non-hydrogen) atoms. The van der Waals surface area contributed by atoms with Crippen molar-refractivity contribution in [3.05, 3.63) is 73.6 Å². The smallest absolute Gasteiger partial charge is 0.292 e. The first-order chi connectivity index (χ1) is 14.3. The predicted octanol–water partition coefficient (Wildman–Crippen LogP) is 4.38. The Hall–Kier alpha value is -3.86. The van der Waals surface area contributed by atoms with Gasteiger partial charge in [0.15, 0.2) is 5.13 Å². The monoisotopic (exact) mass is 427 g/mol. The van der Waals surface area contributed by atoms with Crippen molar-refractivity contribution in [1.82, 2.24) is 4.98 Å². The van der Waals surface area contributed by atoms with Gasteiger partial charge in [-0.1, -0.05) is 24.3 Å². The maximum atomic E-state index is 12.1. The normalized spacial score (nSPS) is 10.4. The zero-order valence-electron chi connectivity index (χ0n) is 15.8. The highest BCUT2D eigenvalue weighted by Crippen LogP contribution is 2.29. The molecule has 11 heteroatoms. The van der Waals surface area contributed by atoms with Gasteiger partial charge in [0.05, 0.1) is 15.5 Å². The highest BCUT2D eigenvalue weighted by Gasteiger charge is 2.15. The molecular formula is C19H17N5O5S.